The van der Waals surface area contributed by atoms with Crippen molar-refractivity contribution in [2.45, 2.75) is 26.6 Å². The highest BCUT2D eigenvalue weighted by Gasteiger charge is 2.32. The highest BCUT2D eigenvalue weighted by molar-refractivity contribution is 5.87. The molecule has 2 heterocycles. The lowest BCUT2D eigenvalue weighted by atomic mass is 10.1. The van der Waals surface area contributed by atoms with Crippen molar-refractivity contribution in [1.82, 2.24) is 19.7 Å². The van der Waals surface area contributed by atoms with E-state index in [2.05, 4.69) is 20.4 Å². The van der Waals surface area contributed by atoms with E-state index in [0.29, 0.717) is 22.7 Å². The SMILES string of the molecule is Cc1nc(NCc2ccccc2C(F)(F)F)c2c(n1)c(C)nn2C. The molecule has 0 amide bonds. The molecular weight excluding hydrogens is 319 g/mol. The number of rotatable bonds is 3. The van der Waals surface area contributed by atoms with Crippen LogP contribution < -0.4 is 5.32 Å². The lowest BCUT2D eigenvalue weighted by Crippen LogP contribution is -2.13. The van der Waals surface area contributed by atoms with E-state index in [1.54, 1.807) is 24.7 Å². The molecule has 0 aliphatic heterocycles. The van der Waals surface area contributed by atoms with Crippen LogP contribution in [0.3, 0.4) is 0 Å². The summed E-state index contributed by atoms with van der Waals surface area (Å²) in [5.41, 5.74) is 1.62. The molecule has 0 fully saturated rings. The molecule has 0 bridgehead atoms. The maximum Gasteiger partial charge on any atom is 0.416 e. The third-order valence-electron chi connectivity index (χ3n) is 3.73. The average Bonchev–Trinajstić information content (AvgIpc) is 2.79. The minimum atomic E-state index is -4.39. The zero-order chi connectivity index (χ0) is 17.5. The predicted molar refractivity (Wildman–Crippen MR) is 84.5 cm³/mol. The van der Waals surface area contributed by atoms with Crippen LogP contribution in [-0.2, 0) is 19.8 Å². The third-order valence-corrected chi connectivity index (χ3v) is 3.73. The first-order valence-electron chi connectivity index (χ1n) is 7.34. The van der Waals surface area contributed by atoms with E-state index in [0.717, 1.165) is 11.8 Å². The van der Waals surface area contributed by atoms with Crippen molar-refractivity contribution in [3.63, 3.8) is 0 Å². The quantitative estimate of drug-likeness (QED) is 0.794. The van der Waals surface area contributed by atoms with E-state index in [1.807, 2.05) is 6.92 Å². The van der Waals surface area contributed by atoms with Crippen LogP contribution in [0.2, 0.25) is 0 Å². The second kappa shape index (κ2) is 5.77. The van der Waals surface area contributed by atoms with E-state index in [4.69, 9.17) is 0 Å². The fourth-order valence-corrected chi connectivity index (χ4v) is 2.70. The Kier molecular flexibility index (Phi) is 3.90. The van der Waals surface area contributed by atoms with E-state index in [1.165, 1.54) is 12.1 Å². The smallest absolute Gasteiger partial charge is 0.364 e. The fourth-order valence-electron chi connectivity index (χ4n) is 2.70. The van der Waals surface area contributed by atoms with Crippen molar-refractivity contribution in [3.8, 4) is 0 Å². The molecule has 0 aliphatic carbocycles. The first kappa shape index (κ1) is 16.2. The van der Waals surface area contributed by atoms with E-state index >= 15 is 0 Å². The summed E-state index contributed by atoms with van der Waals surface area (Å²) in [6.45, 7) is 3.57. The molecule has 1 aromatic carbocycles. The molecule has 1 N–H and O–H groups in total. The van der Waals surface area contributed by atoms with Gasteiger partial charge in [-0.15, -0.1) is 0 Å². The molecule has 3 rings (SSSR count). The Morgan fingerprint density at radius 2 is 1.83 bits per heavy atom. The first-order chi connectivity index (χ1) is 11.3. The third kappa shape index (κ3) is 2.91. The summed E-state index contributed by atoms with van der Waals surface area (Å²) < 4.78 is 40.9. The summed E-state index contributed by atoms with van der Waals surface area (Å²) in [5.74, 6) is 1.00. The molecule has 24 heavy (non-hydrogen) atoms. The zero-order valence-electron chi connectivity index (χ0n) is 13.4. The highest BCUT2D eigenvalue weighted by Crippen LogP contribution is 2.32. The Morgan fingerprint density at radius 1 is 1.12 bits per heavy atom. The Hall–Kier alpha value is -2.64. The van der Waals surface area contributed by atoms with Gasteiger partial charge >= 0.3 is 6.18 Å². The summed E-state index contributed by atoms with van der Waals surface area (Å²) in [5, 5.41) is 7.30. The molecule has 2 aromatic heterocycles. The molecule has 0 saturated carbocycles. The molecule has 5 nitrogen and oxygen atoms in total. The summed E-state index contributed by atoms with van der Waals surface area (Å²) in [7, 11) is 1.75. The van der Waals surface area contributed by atoms with Crippen LogP contribution in [0, 0.1) is 13.8 Å². The van der Waals surface area contributed by atoms with Crippen molar-refractivity contribution in [2.75, 3.05) is 5.32 Å². The maximum absolute atomic E-state index is 13.1. The molecule has 0 aliphatic rings. The lowest BCUT2D eigenvalue weighted by molar-refractivity contribution is -0.138. The molecule has 3 aromatic rings. The van der Waals surface area contributed by atoms with E-state index in [-0.39, 0.29) is 12.1 Å². The minimum absolute atomic E-state index is 0.00542. The Labute approximate surface area is 136 Å². The van der Waals surface area contributed by atoms with Crippen LogP contribution in [0.4, 0.5) is 19.0 Å². The van der Waals surface area contributed by atoms with Crippen LogP contribution in [0.5, 0.6) is 0 Å². The number of nitrogens with zero attached hydrogens (tertiary/aromatic N) is 4. The van der Waals surface area contributed by atoms with Crippen LogP contribution in [-0.4, -0.2) is 19.7 Å². The second-order valence-corrected chi connectivity index (χ2v) is 5.53. The van der Waals surface area contributed by atoms with Crippen molar-refractivity contribution >= 4 is 16.9 Å². The maximum atomic E-state index is 13.1. The summed E-state index contributed by atoms with van der Waals surface area (Å²) >= 11 is 0. The van der Waals surface area contributed by atoms with Gasteiger partial charge in [-0.1, -0.05) is 18.2 Å². The normalized spacial score (nSPS) is 11.9. The van der Waals surface area contributed by atoms with Gasteiger partial charge in [0.15, 0.2) is 5.82 Å². The minimum Gasteiger partial charge on any atom is -0.364 e. The number of fused-ring (bicyclic) bond motifs is 1. The molecule has 126 valence electrons. The van der Waals surface area contributed by atoms with E-state index < -0.39 is 11.7 Å². The Morgan fingerprint density at radius 3 is 2.54 bits per heavy atom. The first-order valence-corrected chi connectivity index (χ1v) is 7.34. The van der Waals surface area contributed by atoms with Gasteiger partial charge in [0.1, 0.15) is 16.9 Å². The lowest BCUT2D eigenvalue weighted by Gasteiger charge is -2.14. The number of nitrogens with one attached hydrogen (secondary N) is 1. The fraction of sp³-hybridized carbons (Fsp3) is 0.312. The van der Waals surface area contributed by atoms with Gasteiger partial charge in [-0.3, -0.25) is 4.68 Å². The van der Waals surface area contributed by atoms with Gasteiger partial charge in [0.25, 0.3) is 0 Å². The van der Waals surface area contributed by atoms with Gasteiger partial charge in [-0.25, -0.2) is 9.97 Å². The highest BCUT2D eigenvalue weighted by atomic mass is 19.4. The topological polar surface area (TPSA) is 55.6 Å². The van der Waals surface area contributed by atoms with Gasteiger partial charge in [-0.05, 0) is 25.5 Å². The summed E-state index contributed by atoms with van der Waals surface area (Å²) in [6, 6.07) is 5.49. The number of aryl methyl sites for hydroxylation is 3. The predicted octanol–water partition coefficient (Wildman–Crippen LogP) is 3.61. The van der Waals surface area contributed by atoms with Gasteiger partial charge in [0, 0.05) is 13.6 Å². The summed E-state index contributed by atoms with van der Waals surface area (Å²) in [4.78, 5) is 8.67. The number of anilines is 1. The molecule has 0 radical (unpaired) electrons. The van der Waals surface area contributed by atoms with Crippen molar-refractivity contribution < 1.29 is 13.2 Å². The molecular formula is C16H16F3N5. The number of hydrogen-bond acceptors (Lipinski definition) is 4. The Bertz CT molecular complexity index is 899. The summed E-state index contributed by atoms with van der Waals surface area (Å²) in [6.07, 6.45) is -4.39. The van der Waals surface area contributed by atoms with Crippen LogP contribution in [0.1, 0.15) is 22.6 Å². The van der Waals surface area contributed by atoms with Gasteiger partial charge in [0.05, 0.1) is 11.3 Å². The van der Waals surface area contributed by atoms with Crippen molar-refractivity contribution in [3.05, 3.63) is 46.9 Å². The monoisotopic (exact) mass is 335 g/mol. The van der Waals surface area contributed by atoms with Crippen molar-refractivity contribution in [2.24, 2.45) is 7.05 Å². The molecule has 0 unspecified atom stereocenters. The van der Waals surface area contributed by atoms with Gasteiger partial charge < -0.3 is 5.32 Å². The van der Waals surface area contributed by atoms with Crippen molar-refractivity contribution in [1.29, 1.82) is 0 Å². The molecule has 0 atom stereocenters. The number of alkyl halides is 3. The number of benzene rings is 1. The average molecular weight is 335 g/mol. The number of hydrogen-bond donors (Lipinski definition) is 1. The standard InChI is InChI=1S/C16H16F3N5/c1-9-13-14(24(3)23-9)15(22-10(2)21-13)20-8-11-6-4-5-7-12(11)16(17,18)19/h4-7H,8H2,1-3H3,(H,20,21,22). The van der Waals surface area contributed by atoms with Gasteiger partial charge in [-0.2, -0.15) is 18.3 Å². The number of halogens is 3. The van der Waals surface area contributed by atoms with Gasteiger partial charge in [0.2, 0.25) is 0 Å². The molecule has 0 saturated heterocycles. The Balaban J connectivity index is 1.98. The largest absolute Gasteiger partial charge is 0.416 e. The second-order valence-electron chi connectivity index (χ2n) is 5.53. The molecule has 8 heteroatoms. The van der Waals surface area contributed by atoms with Crippen LogP contribution in [0.25, 0.3) is 11.0 Å². The number of aromatic nitrogens is 4. The van der Waals surface area contributed by atoms with E-state index in [9.17, 15) is 13.2 Å². The molecule has 0 spiro atoms. The van der Waals surface area contributed by atoms with Crippen LogP contribution >= 0.6 is 0 Å². The van der Waals surface area contributed by atoms with Crippen LogP contribution in [0.15, 0.2) is 24.3 Å². The zero-order valence-corrected chi connectivity index (χ0v) is 13.4.